The van der Waals surface area contributed by atoms with Crippen molar-refractivity contribution >= 4 is 17.6 Å². The Bertz CT molecular complexity index is 752. The fraction of sp³-hybridized carbons (Fsp3) is 0.250. The summed E-state index contributed by atoms with van der Waals surface area (Å²) in [7, 11) is 0. The minimum absolute atomic E-state index is 0.144. The van der Waals surface area contributed by atoms with Crippen LogP contribution in [0.4, 0.5) is 18.9 Å². The number of anilines is 1. The van der Waals surface area contributed by atoms with Gasteiger partial charge in [0.05, 0.1) is 17.5 Å². The van der Waals surface area contributed by atoms with Crippen LogP contribution in [-0.2, 0) is 15.7 Å². The van der Waals surface area contributed by atoms with Crippen molar-refractivity contribution in [2.75, 3.05) is 5.32 Å². The van der Waals surface area contributed by atoms with Crippen LogP contribution in [0.25, 0.3) is 0 Å². The molecule has 1 aromatic heterocycles. The van der Waals surface area contributed by atoms with Crippen molar-refractivity contribution in [1.82, 2.24) is 0 Å². The van der Waals surface area contributed by atoms with E-state index < -0.39 is 35.4 Å². The summed E-state index contributed by atoms with van der Waals surface area (Å²) in [6.07, 6.45) is -4.61. The highest BCUT2D eigenvalue weighted by atomic mass is 19.4. The van der Waals surface area contributed by atoms with Gasteiger partial charge in [0.2, 0.25) is 0 Å². The van der Waals surface area contributed by atoms with Gasteiger partial charge in [0.25, 0.3) is 5.91 Å². The summed E-state index contributed by atoms with van der Waals surface area (Å²) in [6, 6.07) is 5.91. The SMILES string of the molecule is Cc1occc1C(=O)O[C@@H](C)C(=O)Nc1ccccc1C(F)(F)F. The van der Waals surface area contributed by atoms with Crippen LogP contribution in [-0.4, -0.2) is 18.0 Å². The number of alkyl halides is 3. The zero-order valence-corrected chi connectivity index (χ0v) is 12.8. The van der Waals surface area contributed by atoms with Crippen molar-refractivity contribution in [3.05, 3.63) is 53.5 Å². The molecule has 0 unspecified atom stereocenters. The first-order valence-electron chi connectivity index (χ1n) is 6.92. The largest absolute Gasteiger partial charge is 0.469 e. The molecule has 128 valence electrons. The zero-order chi connectivity index (χ0) is 17.9. The molecule has 0 aliphatic heterocycles. The Morgan fingerprint density at radius 1 is 1.21 bits per heavy atom. The molecule has 2 aromatic rings. The second-order valence-corrected chi connectivity index (χ2v) is 4.97. The van der Waals surface area contributed by atoms with Gasteiger partial charge < -0.3 is 14.5 Å². The van der Waals surface area contributed by atoms with E-state index in [1.54, 1.807) is 6.92 Å². The van der Waals surface area contributed by atoms with Crippen LogP contribution in [0.2, 0.25) is 0 Å². The fourth-order valence-corrected chi connectivity index (χ4v) is 1.95. The molecule has 1 atom stereocenters. The third kappa shape index (κ3) is 3.95. The lowest BCUT2D eigenvalue weighted by molar-refractivity contribution is -0.137. The molecule has 1 heterocycles. The number of amides is 1. The summed E-state index contributed by atoms with van der Waals surface area (Å²) in [6.45, 7) is 2.81. The Morgan fingerprint density at radius 2 is 1.88 bits per heavy atom. The molecule has 8 heteroatoms. The first-order valence-corrected chi connectivity index (χ1v) is 6.92. The smallest absolute Gasteiger partial charge is 0.418 e. The maximum Gasteiger partial charge on any atom is 0.418 e. The van der Waals surface area contributed by atoms with E-state index in [4.69, 9.17) is 9.15 Å². The lowest BCUT2D eigenvalue weighted by Crippen LogP contribution is -2.30. The van der Waals surface area contributed by atoms with Gasteiger partial charge in [-0.1, -0.05) is 12.1 Å². The monoisotopic (exact) mass is 341 g/mol. The average molecular weight is 341 g/mol. The standard InChI is InChI=1S/C16H14F3NO4/c1-9-11(7-8-23-9)15(22)24-10(2)14(21)20-13-6-4-3-5-12(13)16(17,18)19/h3-8,10H,1-2H3,(H,20,21)/t10-/m0/s1. The molecule has 24 heavy (non-hydrogen) atoms. The number of nitrogens with one attached hydrogen (secondary N) is 1. The topological polar surface area (TPSA) is 68.5 Å². The number of benzene rings is 1. The Labute approximate surface area is 135 Å². The van der Waals surface area contributed by atoms with Crippen molar-refractivity contribution < 1.29 is 31.9 Å². The maximum absolute atomic E-state index is 12.9. The zero-order valence-electron chi connectivity index (χ0n) is 12.8. The van der Waals surface area contributed by atoms with Gasteiger partial charge in [-0.25, -0.2) is 4.79 Å². The van der Waals surface area contributed by atoms with E-state index in [1.165, 1.54) is 31.4 Å². The normalized spacial score (nSPS) is 12.5. The van der Waals surface area contributed by atoms with Crippen molar-refractivity contribution in [3.63, 3.8) is 0 Å². The second kappa shape index (κ2) is 6.77. The van der Waals surface area contributed by atoms with Crippen LogP contribution in [0.5, 0.6) is 0 Å². The highest BCUT2D eigenvalue weighted by molar-refractivity contribution is 5.98. The van der Waals surface area contributed by atoms with Crippen LogP contribution >= 0.6 is 0 Å². The molecule has 0 aliphatic rings. The molecule has 1 amide bonds. The summed E-state index contributed by atoms with van der Waals surface area (Å²) in [5.74, 6) is -1.36. The molecule has 0 spiro atoms. The first kappa shape index (κ1) is 17.6. The van der Waals surface area contributed by atoms with Crippen LogP contribution in [0.15, 0.2) is 41.0 Å². The molecular weight excluding hydrogens is 327 g/mol. The number of para-hydroxylation sites is 1. The van der Waals surface area contributed by atoms with E-state index in [0.29, 0.717) is 5.76 Å². The van der Waals surface area contributed by atoms with Gasteiger partial charge >= 0.3 is 12.1 Å². The van der Waals surface area contributed by atoms with Gasteiger partial charge in [0, 0.05) is 0 Å². The lowest BCUT2D eigenvalue weighted by Gasteiger charge is -2.16. The molecule has 1 N–H and O–H groups in total. The summed E-state index contributed by atoms with van der Waals surface area (Å²) in [5, 5.41) is 2.12. The second-order valence-electron chi connectivity index (χ2n) is 4.97. The number of hydrogen-bond acceptors (Lipinski definition) is 4. The quantitative estimate of drug-likeness (QED) is 0.859. The molecule has 0 fully saturated rings. The van der Waals surface area contributed by atoms with Crippen molar-refractivity contribution in [1.29, 1.82) is 0 Å². The number of carbonyl (C=O) groups excluding carboxylic acids is 2. The molecule has 0 saturated carbocycles. The number of esters is 1. The van der Waals surface area contributed by atoms with E-state index in [9.17, 15) is 22.8 Å². The average Bonchev–Trinajstić information content (AvgIpc) is 2.92. The Balaban J connectivity index is 2.08. The minimum atomic E-state index is -4.61. The molecular formula is C16H14F3NO4. The third-order valence-corrected chi connectivity index (χ3v) is 3.22. The van der Waals surface area contributed by atoms with E-state index >= 15 is 0 Å². The number of rotatable bonds is 4. The third-order valence-electron chi connectivity index (χ3n) is 3.22. The molecule has 1 aromatic carbocycles. The first-order chi connectivity index (χ1) is 11.2. The van der Waals surface area contributed by atoms with Crippen LogP contribution in [0, 0.1) is 6.92 Å². The highest BCUT2D eigenvalue weighted by Gasteiger charge is 2.34. The molecule has 0 bridgehead atoms. The van der Waals surface area contributed by atoms with Crippen molar-refractivity contribution in [2.45, 2.75) is 26.1 Å². The van der Waals surface area contributed by atoms with E-state index in [-0.39, 0.29) is 5.56 Å². The van der Waals surface area contributed by atoms with E-state index in [0.717, 1.165) is 12.1 Å². The fourth-order valence-electron chi connectivity index (χ4n) is 1.95. The molecule has 0 aliphatic carbocycles. The summed E-state index contributed by atoms with van der Waals surface area (Å²) in [4.78, 5) is 23.9. The van der Waals surface area contributed by atoms with Crippen LogP contribution in [0.3, 0.4) is 0 Å². The van der Waals surface area contributed by atoms with Crippen molar-refractivity contribution in [3.8, 4) is 0 Å². The summed E-state index contributed by atoms with van der Waals surface area (Å²) in [5.41, 5.74) is -1.25. The van der Waals surface area contributed by atoms with Gasteiger partial charge in [-0.2, -0.15) is 13.2 Å². The van der Waals surface area contributed by atoms with E-state index in [2.05, 4.69) is 5.32 Å². The number of ether oxygens (including phenoxy) is 1. The lowest BCUT2D eigenvalue weighted by atomic mass is 10.1. The molecule has 5 nitrogen and oxygen atoms in total. The predicted octanol–water partition coefficient (Wildman–Crippen LogP) is 3.79. The number of carbonyl (C=O) groups is 2. The van der Waals surface area contributed by atoms with Gasteiger partial charge in [-0.3, -0.25) is 4.79 Å². The van der Waals surface area contributed by atoms with Crippen LogP contribution in [0.1, 0.15) is 28.6 Å². The van der Waals surface area contributed by atoms with E-state index in [1.807, 2.05) is 0 Å². The molecule has 0 radical (unpaired) electrons. The minimum Gasteiger partial charge on any atom is -0.469 e. The van der Waals surface area contributed by atoms with Gasteiger partial charge in [0.1, 0.15) is 11.3 Å². The number of halogens is 3. The molecule has 0 saturated heterocycles. The van der Waals surface area contributed by atoms with Crippen molar-refractivity contribution in [2.24, 2.45) is 0 Å². The number of furan rings is 1. The van der Waals surface area contributed by atoms with Gasteiger partial charge in [-0.15, -0.1) is 0 Å². The Morgan fingerprint density at radius 3 is 2.46 bits per heavy atom. The predicted molar refractivity (Wildman–Crippen MR) is 78.4 cm³/mol. The maximum atomic E-state index is 12.9. The Hall–Kier alpha value is -2.77. The van der Waals surface area contributed by atoms with Gasteiger partial charge in [0.15, 0.2) is 6.10 Å². The number of aryl methyl sites for hydroxylation is 1. The number of hydrogen-bond donors (Lipinski definition) is 1. The summed E-state index contributed by atoms with van der Waals surface area (Å²) < 4.78 is 48.6. The van der Waals surface area contributed by atoms with Gasteiger partial charge in [-0.05, 0) is 32.0 Å². The van der Waals surface area contributed by atoms with Crippen LogP contribution < -0.4 is 5.32 Å². The summed E-state index contributed by atoms with van der Waals surface area (Å²) >= 11 is 0. The Kier molecular flexibility index (Phi) is 4.96. The molecule has 2 rings (SSSR count). The highest BCUT2D eigenvalue weighted by Crippen LogP contribution is 2.34.